The highest BCUT2D eigenvalue weighted by atomic mass is 19.4. The second kappa shape index (κ2) is 10.5. The van der Waals surface area contributed by atoms with E-state index in [1.54, 1.807) is 0 Å². The lowest BCUT2D eigenvalue weighted by Gasteiger charge is -2.25. The Morgan fingerprint density at radius 3 is 2.30 bits per heavy atom. The number of benzene rings is 1. The number of hydrogen-bond acceptors (Lipinski definition) is 5. The molecule has 2 fully saturated rings. The van der Waals surface area contributed by atoms with Gasteiger partial charge in [-0.1, -0.05) is 32.1 Å². The topological polar surface area (TPSA) is 105 Å². The SMILES string of the molecule is CC(O)(C(=O)NCCn1c(=O)c2cc(F)c(NC3CCCCC3)cc2n(C2CCCC2)c1=O)C(F)(F)F. The van der Waals surface area contributed by atoms with Gasteiger partial charge in [0, 0.05) is 25.2 Å². The van der Waals surface area contributed by atoms with Crippen LogP contribution in [0.1, 0.15) is 70.8 Å². The average molecular weight is 529 g/mol. The number of hydrogen-bond donors (Lipinski definition) is 3. The van der Waals surface area contributed by atoms with Gasteiger partial charge in [0.1, 0.15) is 5.82 Å². The van der Waals surface area contributed by atoms with Crippen molar-refractivity contribution in [3.63, 3.8) is 0 Å². The van der Waals surface area contributed by atoms with Crippen LogP contribution >= 0.6 is 0 Å². The fourth-order valence-electron chi connectivity index (χ4n) is 5.27. The van der Waals surface area contributed by atoms with Gasteiger partial charge < -0.3 is 15.7 Å². The molecule has 0 saturated heterocycles. The zero-order valence-electron chi connectivity index (χ0n) is 20.7. The number of aliphatic hydroxyl groups is 1. The van der Waals surface area contributed by atoms with Crippen molar-refractivity contribution < 1.29 is 27.5 Å². The predicted molar refractivity (Wildman–Crippen MR) is 130 cm³/mol. The van der Waals surface area contributed by atoms with Gasteiger partial charge >= 0.3 is 11.9 Å². The van der Waals surface area contributed by atoms with Crippen molar-refractivity contribution in [2.45, 2.75) is 95.1 Å². The summed E-state index contributed by atoms with van der Waals surface area (Å²) < 4.78 is 56.1. The van der Waals surface area contributed by atoms with Gasteiger partial charge in [0.15, 0.2) is 0 Å². The highest BCUT2D eigenvalue weighted by Gasteiger charge is 2.55. The summed E-state index contributed by atoms with van der Waals surface area (Å²) in [7, 11) is 0. The van der Waals surface area contributed by atoms with Crippen molar-refractivity contribution in [2.75, 3.05) is 11.9 Å². The molecule has 2 aliphatic rings. The first-order chi connectivity index (χ1) is 17.4. The molecule has 1 aromatic carbocycles. The minimum atomic E-state index is -5.20. The predicted octanol–water partition coefficient (Wildman–Crippen LogP) is 3.59. The molecule has 0 radical (unpaired) electrons. The molecule has 0 spiro atoms. The molecule has 37 heavy (non-hydrogen) atoms. The second-order valence-electron chi connectivity index (χ2n) is 10.2. The Labute approximate surface area is 210 Å². The van der Waals surface area contributed by atoms with Crippen molar-refractivity contribution in [3.8, 4) is 0 Å². The van der Waals surface area contributed by atoms with Crippen molar-refractivity contribution in [1.82, 2.24) is 14.5 Å². The van der Waals surface area contributed by atoms with Crippen molar-refractivity contribution >= 4 is 22.5 Å². The largest absolute Gasteiger partial charge is 0.426 e. The van der Waals surface area contributed by atoms with Gasteiger partial charge in [-0.25, -0.2) is 9.18 Å². The van der Waals surface area contributed by atoms with Gasteiger partial charge in [-0.3, -0.25) is 18.7 Å². The van der Waals surface area contributed by atoms with E-state index in [1.807, 2.05) is 5.32 Å². The summed E-state index contributed by atoms with van der Waals surface area (Å²) in [6.45, 7) is -0.636. The number of anilines is 1. The fourth-order valence-corrected chi connectivity index (χ4v) is 5.27. The monoisotopic (exact) mass is 528 g/mol. The Balaban J connectivity index is 1.69. The number of nitrogens with one attached hydrogen (secondary N) is 2. The number of nitrogens with zero attached hydrogens (tertiary/aromatic N) is 2. The molecule has 0 bridgehead atoms. The van der Waals surface area contributed by atoms with E-state index >= 15 is 4.39 Å². The third-order valence-corrected chi connectivity index (χ3v) is 7.53. The Morgan fingerprint density at radius 1 is 1.05 bits per heavy atom. The number of rotatable bonds is 7. The molecule has 2 aliphatic carbocycles. The van der Waals surface area contributed by atoms with E-state index < -0.39 is 47.8 Å². The van der Waals surface area contributed by atoms with Crippen LogP contribution in [-0.2, 0) is 11.3 Å². The summed E-state index contributed by atoms with van der Waals surface area (Å²) in [5.74, 6) is -2.33. The van der Waals surface area contributed by atoms with Crippen LogP contribution in [0.15, 0.2) is 21.7 Å². The van der Waals surface area contributed by atoms with Crippen LogP contribution in [0.4, 0.5) is 23.2 Å². The quantitative estimate of drug-likeness (QED) is 0.477. The maximum Gasteiger partial charge on any atom is 0.426 e. The Kier molecular flexibility index (Phi) is 7.68. The molecule has 1 aromatic heterocycles. The van der Waals surface area contributed by atoms with E-state index in [0.717, 1.165) is 55.6 Å². The lowest BCUT2D eigenvalue weighted by Crippen LogP contribution is -2.55. The molecule has 12 heteroatoms. The molecule has 2 saturated carbocycles. The van der Waals surface area contributed by atoms with Crippen LogP contribution < -0.4 is 21.9 Å². The lowest BCUT2D eigenvalue weighted by atomic mass is 9.95. The number of carbonyl (C=O) groups excluding carboxylic acids is 1. The summed E-state index contributed by atoms with van der Waals surface area (Å²) >= 11 is 0. The molecule has 1 amide bonds. The van der Waals surface area contributed by atoms with Crippen LogP contribution in [0.25, 0.3) is 10.9 Å². The second-order valence-corrected chi connectivity index (χ2v) is 10.2. The molecule has 3 N–H and O–H groups in total. The molecule has 1 unspecified atom stereocenters. The summed E-state index contributed by atoms with van der Waals surface area (Å²) in [6, 6.07) is 2.49. The van der Waals surface area contributed by atoms with Crippen LogP contribution in [-0.4, -0.2) is 44.5 Å². The van der Waals surface area contributed by atoms with Crippen LogP contribution in [0.2, 0.25) is 0 Å². The van der Waals surface area contributed by atoms with E-state index in [9.17, 15) is 32.7 Å². The highest BCUT2D eigenvalue weighted by molar-refractivity contribution is 5.85. The first-order valence-corrected chi connectivity index (χ1v) is 12.7. The standard InChI is InChI=1S/C25H32F4N4O4/c1-24(37,25(27,28)29)22(35)30-11-12-32-21(34)17-13-18(26)19(31-15-7-3-2-4-8-15)14-20(17)33(23(32)36)16-9-5-6-10-16/h13-16,31,37H,2-12H2,1H3,(H,30,35). The molecule has 2 aromatic rings. The number of alkyl halides is 3. The smallest absolute Gasteiger partial charge is 0.380 e. The maximum atomic E-state index is 15.1. The highest BCUT2D eigenvalue weighted by Crippen LogP contribution is 2.32. The number of fused-ring (bicyclic) bond motifs is 1. The molecule has 8 nitrogen and oxygen atoms in total. The zero-order valence-corrected chi connectivity index (χ0v) is 20.7. The third-order valence-electron chi connectivity index (χ3n) is 7.53. The number of amides is 1. The fraction of sp³-hybridized carbons (Fsp3) is 0.640. The summed E-state index contributed by atoms with van der Waals surface area (Å²) in [4.78, 5) is 38.6. The maximum absolute atomic E-state index is 15.1. The minimum absolute atomic E-state index is 0.0215. The van der Waals surface area contributed by atoms with Crippen LogP contribution in [0.5, 0.6) is 0 Å². The van der Waals surface area contributed by atoms with Crippen molar-refractivity contribution in [1.29, 1.82) is 0 Å². The van der Waals surface area contributed by atoms with Gasteiger partial charge in [0.05, 0.1) is 16.6 Å². The molecule has 0 aliphatic heterocycles. The van der Waals surface area contributed by atoms with E-state index in [-0.39, 0.29) is 23.2 Å². The van der Waals surface area contributed by atoms with E-state index in [0.29, 0.717) is 25.3 Å². The lowest BCUT2D eigenvalue weighted by molar-refractivity contribution is -0.245. The van der Waals surface area contributed by atoms with Crippen LogP contribution in [0.3, 0.4) is 0 Å². The van der Waals surface area contributed by atoms with Gasteiger partial charge in [0.25, 0.3) is 11.5 Å². The van der Waals surface area contributed by atoms with Gasteiger partial charge in [0.2, 0.25) is 5.60 Å². The molecule has 204 valence electrons. The third kappa shape index (κ3) is 5.39. The Hall–Kier alpha value is -2.89. The summed E-state index contributed by atoms with van der Waals surface area (Å²) in [6.07, 6.45) is 2.98. The van der Waals surface area contributed by atoms with Crippen molar-refractivity contribution in [2.24, 2.45) is 0 Å². The van der Waals surface area contributed by atoms with Crippen molar-refractivity contribution in [3.05, 3.63) is 38.8 Å². The van der Waals surface area contributed by atoms with E-state index in [4.69, 9.17) is 0 Å². The number of carbonyl (C=O) groups is 1. The molecule has 4 rings (SSSR count). The first kappa shape index (κ1) is 27.2. The van der Waals surface area contributed by atoms with Gasteiger partial charge in [-0.15, -0.1) is 0 Å². The summed E-state index contributed by atoms with van der Waals surface area (Å²) in [5, 5.41) is 14.6. The average Bonchev–Trinajstić information content (AvgIpc) is 3.37. The first-order valence-electron chi connectivity index (χ1n) is 12.7. The van der Waals surface area contributed by atoms with Crippen LogP contribution in [0, 0.1) is 5.82 Å². The number of halogens is 4. The zero-order chi connectivity index (χ0) is 27.0. The van der Waals surface area contributed by atoms with Gasteiger partial charge in [-0.2, -0.15) is 13.2 Å². The number of aromatic nitrogens is 2. The molecular formula is C25H32F4N4O4. The molecule has 1 atom stereocenters. The molecule has 1 heterocycles. The van der Waals surface area contributed by atoms with E-state index in [1.165, 1.54) is 10.6 Å². The Bertz CT molecular complexity index is 1270. The molecular weight excluding hydrogens is 496 g/mol. The van der Waals surface area contributed by atoms with Gasteiger partial charge in [-0.05, 0) is 44.7 Å². The normalized spacial score (nSPS) is 19.2. The minimum Gasteiger partial charge on any atom is -0.380 e. The Morgan fingerprint density at radius 2 is 1.68 bits per heavy atom. The van der Waals surface area contributed by atoms with E-state index in [2.05, 4.69) is 5.32 Å². The summed E-state index contributed by atoms with van der Waals surface area (Å²) in [5.41, 5.74) is -4.56.